The summed E-state index contributed by atoms with van der Waals surface area (Å²) in [5.74, 6) is 1.41. The van der Waals surface area contributed by atoms with E-state index in [1.165, 1.54) is 24.2 Å². The first-order valence-electron chi connectivity index (χ1n) is 6.82. The maximum Gasteiger partial charge on any atom is 0.177 e. The molecule has 1 aliphatic rings. The van der Waals surface area contributed by atoms with E-state index in [0.29, 0.717) is 16.3 Å². The van der Waals surface area contributed by atoms with E-state index < -0.39 is 0 Å². The monoisotopic (exact) mass is 294 g/mol. The zero-order valence-corrected chi connectivity index (χ0v) is 13.2. The predicted molar refractivity (Wildman–Crippen MR) is 83.5 cm³/mol. The van der Waals surface area contributed by atoms with Gasteiger partial charge < -0.3 is 20.3 Å². The van der Waals surface area contributed by atoms with Crippen LogP contribution in [-0.4, -0.2) is 45.7 Å². The Balaban J connectivity index is 2.09. The summed E-state index contributed by atoms with van der Waals surface area (Å²) < 4.78 is 5.39. The summed E-state index contributed by atoms with van der Waals surface area (Å²) in [7, 11) is 5.85. The molecule has 1 saturated heterocycles. The fraction of sp³-hybridized carbons (Fsp3) is 0.643. The Kier molecular flexibility index (Phi) is 4.73. The first-order chi connectivity index (χ1) is 9.56. The van der Waals surface area contributed by atoms with Gasteiger partial charge >= 0.3 is 0 Å². The Morgan fingerprint density at radius 3 is 2.60 bits per heavy atom. The number of nitrogens with two attached hydrogens (primary N) is 1. The number of piperidine rings is 1. The zero-order valence-electron chi connectivity index (χ0n) is 12.3. The Morgan fingerprint density at radius 2 is 2.10 bits per heavy atom. The number of anilines is 2. The molecule has 1 fully saturated rings. The molecular weight excluding hydrogens is 272 g/mol. The quantitative estimate of drug-likeness (QED) is 0.920. The van der Waals surface area contributed by atoms with E-state index in [0.717, 1.165) is 30.6 Å². The average Bonchev–Trinajstić information content (AvgIpc) is 2.75. The number of nitriles is 1. The van der Waals surface area contributed by atoms with Crippen LogP contribution in [0, 0.1) is 17.2 Å². The molecule has 1 aliphatic heterocycles. The second kappa shape index (κ2) is 6.33. The Bertz CT molecular complexity index is 498. The van der Waals surface area contributed by atoms with E-state index in [2.05, 4.69) is 30.0 Å². The molecule has 5 nitrogen and oxygen atoms in total. The normalized spacial score (nSPS) is 16.4. The minimum atomic E-state index is 0.477. The first-order valence-corrected chi connectivity index (χ1v) is 7.64. The Labute approximate surface area is 124 Å². The minimum absolute atomic E-state index is 0.477. The van der Waals surface area contributed by atoms with Crippen molar-refractivity contribution in [1.29, 1.82) is 5.26 Å². The van der Waals surface area contributed by atoms with Crippen molar-refractivity contribution in [2.45, 2.75) is 12.8 Å². The zero-order chi connectivity index (χ0) is 14.7. The van der Waals surface area contributed by atoms with Gasteiger partial charge in [-0.1, -0.05) is 0 Å². The molecule has 2 N–H and O–H groups in total. The number of thiophene rings is 1. The summed E-state index contributed by atoms with van der Waals surface area (Å²) >= 11 is 1.44. The lowest BCUT2D eigenvalue weighted by atomic mass is 9.96. The highest BCUT2D eigenvalue weighted by molar-refractivity contribution is 7.17. The van der Waals surface area contributed by atoms with Crippen LogP contribution in [0.5, 0.6) is 5.75 Å². The highest BCUT2D eigenvalue weighted by Gasteiger charge is 2.26. The smallest absolute Gasteiger partial charge is 0.177 e. The third-order valence-corrected chi connectivity index (χ3v) is 4.87. The van der Waals surface area contributed by atoms with Crippen molar-refractivity contribution in [3.63, 3.8) is 0 Å². The van der Waals surface area contributed by atoms with Crippen LogP contribution < -0.4 is 15.4 Å². The van der Waals surface area contributed by atoms with Gasteiger partial charge in [0, 0.05) is 19.6 Å². The van der Waals surface area contributed by atoms with E-state index in [1.807, 2.05) is 0 Å². The van der Waals surface area contributed by atoms with Crippen molar-refractivity contribution < 1.29 is 4.74 Å². The van der Waals surface area contributed by atoms with Crippen molar-refractivity contribution in [1.82, 2.24) is 4.90 Å². The van der Waals surface area contributed by atoms with Crippen LogP contribution in [0.15, 0.2) is 0 Å². The maximum atomic E-state index is 9.09. The van der Waals surface area contributed by atoms with Gasteiger partial charge in [0.1, 0.15) is 21.6 Å². The molecule has 0 aliphatic carbocycles. The van der Waals surface area contributed by atoms with Gasteiger partial charge in [-0.2, -0.15) is 5.26 Å². The first kappa shape index (κ1) is 14.9. The molecule has 0 saturated carbocycles. The van der Waals surface area contributed by atoms with Crippen LogP contribution in [0.2, 0.25) is 0 Å². The summed E-state index contributed by atoms with van der Waals surface area (Å²) in [6.45, 7) is 3.14. The molecule has 2 heterocycles. The lowest BCUT2D eigenvalue weighted by molar-refractivity contribution is 0.284. The molecule has 1 aromatic rings. The lowest BCUT2D eigenvalue weighted by Gasteiger charge is -2.34. The van der Waals surface area contributed by atoms with Crippen molar-refractivity contribution in [3.05, 3.63) is 4.88 Å². The molecule has 1 aromatic heterocycles. The summed E-state index contributed by atoms with van der Waals surface area (Å²) in [5.41, 5.74) is 6.43. The van der Waals surface area contributed by atoms with Gasteiger partial charge in [0.2, 0.25) is 0 Å². The van der Waals surface area contributed by atoms with E-state index in [-0.39, 0.29) is 0 Å². The van der Waals surface area contributed by atoms with Crippen LogP contribution in [0.25, 0.3) is 0 Å². The van der Waals surface area contributed by atoms with Gasteiger partial charge in [-0.3, -0.25) is 0 Å². The Morgan fingerprint density at radius 1 is 1.45 bits per heavy atom. The van der Waals surface area contributed by atoms with Gasteiger partial charge in [-0.15, -0.1) is 11.3 Å². The molecule has 0 aromatic carbocycles. The fourth-order valence-electron chi connectivity index (χ4n) is 2.74. The average molecular weight is 294 g/mol. The molecular formula is C14H22N4OS. The van der Waals surface area contributed by atoms with Gasteiger partial charge in [-0.05, 0) is 32.9 Å². The molecule has 6 heteroatoms. The SMILES string of the molecule is COc1c(N2CCC(CN(C)C)CC2)sc(C#N)c1N. The van der Waals surface area contributed by atoms with Crippen molar-refractivity contribution >= 4 is 22.0 Å². The number of hydrogen-bond acceptors (Lipinski definition) is 6. The third kappa shape index (κ3) is 3.00. The molecule has 0 radical (unpaired) electrons. The number of nitrogens with zero attached hydrogens (tertiary/aromatic N) is 3. The highest BCUT2D eigenvalue weighted by Crippen LogP contribution is 2.45. The molecule has 20 heavy (non-hydrogen) atoms. The largest absolute Gasteiger partial charge is 0.492 e. The minimum Gasteiger partial charge on any atom is -0.492 e. The summed E-state index contributed by atoms with van der Waals surface area (Å²) in [6.07, 6.45) is 2.34. The van der Waals surface area contributed by atoms with Crippen LogP contribution in [0.1, 0.15) is 17.7 Å². The lowest BCUT2D eigenvalue weighted by Crippen LogP contribution is -2.36. The number of hydrogen-bond donors (Lipinski definition) is 1. The standard InChI is InChI=1S/C14H22N4OS/c1-17(2)9-10-4-6-18(7-5-10)14-13(19-3)12(16)11(8-15)20-14/h10H,4-7,9,16H2,1-3H3. The van der Waals surface area contributed by atoms with Crippen LogP contribution in [0.3, 0.4) is 0 Å². The molecule has 0 amide bonds. The van der Waals surface area contributed by atoms with Gasteiger partial charge in [0.15, 0.2) is 5.75 Å². The summed E-state index contributed by atoms with van der Waals surface area (Å²) in [6, 6.07) is 2.14. The van der Waals surface area contributed by atoms with Crippen LogP contribution >= 0.6 is 11.3 Å². The summed E-state index contributed by atoms with van der Waals surface area (Å²) in [5, 5.41) is 10.1. The van der Waals surface area contributed by atoms with E-state index in [4.69, 9.17) is 15.7 Å². The van der Waals surface area contributed by atoms with Gasteiger partial charge in [0.25, 0.3) is 0 Å². The number of rotatable bonds is 4. The molecule has 0 bridgehead atoms. The topological polar surface area (TPSA) is 65.5 Å². The van der Waals surface area contributed by atoms with E-state index in [1.54, 1.807) is 7.11 Å². The van der Waals surface area contributed by atoms with E-state index >= 15 is 0 Å². The van der Waals surface area contributed by atoms with Crippen LogP contribution in [-0.2, 0) is 0 Å². The van der Waals surface area contributed by atoms with Gasteiger partial charge in [-0.25, -0.2) is 0 Å². The number of methoxy groups -OCH3 is 1. The molecule has 110 valence electrons. The number of nitrogen functional groups attached to an aromatic ring is 1. The van der Waals surface area contributed by atoms with Gasteiger partial charge in [0.05, 0.1) is 7.11 Å². The van der Waals surface area contributed by atoms with Crippen molar-refractivity contribution in [3.8, 4) is 11.8 Å². The van der Waals surface area contributed by atoms with E-state index in [9.17, 15) is 0 Å². The molecule has 0 spiro atoms. The third-order valence-electron chi connectivity index (χ3n) is 3.71. The molecule has 2 rings (SSSR count). The van der Waals surface area contributed by atoms with Crippen LogP contribution in [0.4, 0.5) is 10.7 Å². The summed E-state index contributed by atoms with van der Waals surface area (Å²) in [4.78, 5) is 5.09. The number of ether oxygens (including phenoxy) is 1. The van der Waals surface area contributed by atoms with Crippen molar-refractivity contribution in [2.24, 2.45) is 5.92 Å². The Hall–Kier alpha value is -1.45. The predicted octanol–water partition coefficient (Wildman–Crippen LogP) is 1.99. The highest BCUT2D eigenvalue weighted by atomic mass is 32.1. The van der Waals surface area contributed by atoms with Crippen molar-refractivity contribution in [2.75, 3.05) is 51.5 Å². The molecule has 0 atom stereocenters. The maximum absolute atomic E-state index is 9.09. The second-order valence-electron chi connectivity index (χ2n) is 5.49. The second-order valence-corrected chi connectivity index (χ2v) is 6.49. The molecule has 0 unspecified atom stereocenters. The fourth-order valence-corrected chi connectivity index (χ4v) is 3.78.